The number of para-hydroxylation sites is 2. The molecule has 4 nitrogen and oxygen atoms in total. The number of hydrogen-bond donors (Lipinski definition) is 1. The number of amides is 1. The predicted octanol–water partition coefficient (Wildman–Crippen LogP) is 5.39. The number of H-pyrrole nitrogens is 1. The third kappa shape index (κ3) is 3.95. The van der Waals surface area contributed by atoms with Gasteiger partial charge in [0.25, 0.3) is 5.91 Å². The number of likely N-dealkylation sites (tertiary alicyclic amines) is 1. The van der Waals surface area contributed by atoms with Crippen molar-refractivity contribution in [2.45, 2.75) is 32.0 Å². The Labute approximate surface area is 166 Å². The second-order valence-electron chi connectivity index (χ2n) is 7.35. The highest BCUT2D eigenvalue weighted by molar-refractivity contribution is 5.97. The van der Waals surface area contributed by atoms with Crippen LogP contribution in [0.3, 0.4) is 0 Å². The summed E-state index contributed by atoms with van der Waals surface area (Å²) in [4.78, 5) is 17.8. The van der Waals surface area contributed by atoms with Gasteiger partial charge in [0.15, 0.2) is 0 Å². The van der Waals surface area contributed by atoms with E-state index in [9.17, 15) is 18.0 Å². The van der Waals surface area contributed by atoms with Crippen LogP contribution in [0.2, 0.25) is 0 Å². The maximum absolute atomic E-state index is 12.8. The number of alkyl halides is 3. The molecule has 0 bridgehead atoms. The number of ether oxygens (including phenoxy) is 1. The first-order valence-corrected chi connectivity index (χ1v) is 9.54. The van der Waals surface area contributed by atoms with Crippen LogP contribution in [-0.4, -0.2) is 35.2 Å². The van der Waals surface area contributed by atoms with Crippen molar-refractivity contribution in [3.63, 3.8) is 0 Å². The molecular formula is C22H21F3N2O2. The zero-order valence-electron chi connectivity index (χ0n) is 15.9. The van der Waals surface area contributed by atoms with Crippen molar-refractivity contribution in [3.8, 4) is 5.75 Å². The van der Waals surface area contributed by atoms with E-state index in [0.29, 0.717) is 19.0 Å². The Morgan fingerprint density at radius 3 is 2.55 bits per heavy atom. The standard InChI is InChI=1S/C22H21F3N2O2/c1-14-5-4-7-16-18(13-26-20(14)16)15-9-11-27(12-10-15)21(28)17-6-2-3-8-19(17)29-22(23,24)25/h2-8,13,15,26H,9-12H2,1H3. The molecule has 1 aromatic heterocycles. The maximum atomic E-state index is 12.8. The SMILES string of the molecule is Cc1cccc2c(C3CCN(C(=O)c4ccccc4OC(F)(F)F)CC3)c[nH]c12. The smallest absolute Gasteiger partial charge is 0.405 e. The molecule has 152 valence electrons. The number of piperidine rings is 1. The lowest BCUT2D eigenvalue weighted by Gasteiger charge is -2.32. The summed E-state index contributed by atoms with van der Waals surface area (Å²) in [6.07, 6.45) is -1.28. The highest BCUT2D eigenvalue weighted by Crippen LogP contribution is 2.35. The van der Waals surface area contributed by atoms with Crippen LogP contribution in [0.15, 0.2) is 48.7 Å². The Bertz CT molecular complexity index is 1030. The monoisotopic (exact) mass is 402 g/mol. The predicted molar refractivity (Wildman–Crippen MR) is 104 cm³/mol. The van der Waals surface area contributed by atoms with Crippen LogP contribution in [0.25, 0.3) is 10.9 Å². The van der Waals surface area contributed by atoms with Crippen LogP contribution in [-0.2, 0) is 0 Å². The van der Waals surface area contributed by atoms with Crippen molar-refractivity contribution in [2.75, 3.05) is 13.1 Å². The van der Waals surface area contributed by atoms with E-state index in [1.807, 2.05) is 12.3 Å². The number of aromatic nitrogens is 1. The second-order valence-corrected chi connectivity index (χ2v) is 7.35. The van der Waals surface area contributed by atoms with E-state index >= 15 is 0 Å². The van der Waals surface area contributed by atoms with Crippen LogP contribution in [0.4, 0.5) is 13.2 Å². The highest BCUT2D eigenvalue weighted by atomic mass is 19.4. The van der Waals surface area contributed by atoms with Gasteiger partial charge in [-0.2, -0.15) is 0 Å². The van der Waals surface area contributed by atoms with Crippen molar-refractivity contribution < 1.29 is 22.7 Å². The Morgan fingerprint density at radius 1 is 1.10 bits per heavy atom. The first kappa shape index (κ1) is 19.4. The molecule has 1 N–H and O–H groups in total. The quantitative estimate of drug-likeness (QED) is 0.638. The van der Waals surface area contributed by atoms with Gasteiger partial charge >= 0.3 is 6.36 Å². The summed E-state index contributed by atoms with van der Waals surface area (Å²) in [5.41, 5.74) is 3.48. The number of nitrogens with one attached hydrogen (secondary N) is 1. The first-order chi connectivity index (χ1) is 13.8. The van der Waals surface area contributed by atoms with E-state index in [-0.39, 0.29) is 5.56 Å². The van der Waals surface area contributed by atoms with Gasteiger partial charge in [0.1, 0.15) is 5.75 Å². The number of rotatable bonds is 3. The summed E-state index contributed by atoms with van der Waals surface area (Å²) >= 11 is 0. The van der Waals surface area contributed by atoms with Gasteiger partial charge in [0.2, 0.25) is 0 Å². The summed E-state index contributed by atoms with van der Waals surface area (Å²) in [5, 5.41) is 1.19. The van der Waals surface area contributed by atoms with E-state index in [4.69, 9.17) is 0 Å². The van der Waals surface area contributed by atoms with Gasteiger partial charge < -0.3 is 14.6 Å². The van der Waals surface area contributed by atoms with Crippen molar-refractivity contribution in [2.24, 2.45) is 0 Å². The van der Waals surface area contributed by atoms with Crippen LogP contribution in [0.1, 0.15) is 40.2 Å². The zero-order valence-corrected chi connectivity index (χ0v) is 15.9. The normalized spacial score (nSPS) is 15.7. The average molecular weight is 402 g/mol. The zero-order chi connectivity index (χ0) is 20.6. The number of halogens is 3. The molecule has 1 aliphatic rings. The minimum Gasteiger partial charge on any atom is -0.405 e. The molecule has 0 spiro atoms. The van der Waals surface area contributed by atoms with Gasteiger partial charge in [-0.3, -0.25) is 4.79 Å². The number of fused-ring (bicyclic) bond motifs is 1. The van der Waals surface area contributed by atoms with Crippen molar-refractivity contribution >= 4 is 16.8 Å². The largest absolute Gasteiger partial charge is 0.573 e. The Hall–Kier alpha value is -2.96. The van der Waals surface area contributed by atoms with Crippen LogP contribution in [0, 0.1) is 6.92 Å². The summed E-state index contributed by atoms with van der Waals surface area (Å²) in [6, 6.07) is 11.7. The average Bonchev–Trinajstić information content (AvgIpc) is 3.12. The van der Waals surface area contributed by atoms with Gasteiger partial charge in [-0.25, -0.2) is 0 Å². The lowest BCUT2D eigenvalue weighted by Crippen LogP contribution is -2.38. The molecule has 7 heteroatoms. The fraction of sp³-hybridized carbons (Fsp3) is 0.318. The first-order valence-electron chi connectivity index (χ1n) is 9.54. The lowest BCUT2D eigenvalue weighted by atomic mass is 9.88. The van der Waals surface area contributed by atoms with Gasteiger partial charge in [-0.15, -0.1) is 13.2 Å². The number of carbonyl (C=O) groups is 1. The number of aromatic amines is 1. The fourth-order valence-electron chi connectivity index (χ4n) is 4.09. The molecule has 1 amide bonds. The van der Waals surface area contributed by atoms with E-state index in [1.54, 1.807) is 4.90 Å². The van der Waals surface area contributed by atoms with Gasteiger partial charge in [-0.1, -0.05) is 30.3 Å². The Balaban J connectivity index is 1.49. The topological polar surface area (TPSA) is 45.3 Å². The molecule has 4 rings (SSSR count). The number of aryl methyl sites for hydroxylation is 1. The summed E-state index contributed by atoms with van der Waals surface area (Å²) in [7, 11) is 0. The molecule has 3 aromatic rings. The third-order valence-electron chi connectivity index (χ3n) is 5.52. The lowest BCUT2D eigenvalue weighted by molar-refractivity contribution is -0.274. The fourth-order valence-corrected chi connectivity index (χ4v) is 4.09. The molecule has 29 heavy (non-hydrogen) atoms. The highest BCUT2D eigenvalue weighted by Gasteiger charge is 2.34. The molecule has 1 aliphatic heterocycles. The number of hydrogen-bond acceptors (Lipinski definition) is 2. The Morgan fingerprint density at radius 2 is 1.83 bits per heavy atom. The molecule has 2 aromatic carbocycles. The van der Waals surface area contributed by atoms with Crippen molar-refractivity contribution in [1.82, 2.24) is 9.88 Å². The van der Waals surface area contributed by atoms with Crippen LogP contribution < -0.4 is 4.74 Å². The molecular weight excluding hydrogens is 381 g/mol. The Kier molecular flexibility index (Phi) is 4.98. The van der Waals surface area contributed by atoms with Crippen molar-refractivity contribution in [3.05, 3.63) is 65.4 Å². The molecule has 0 radical (unpaired) electrons. The van der Waals surface area contributed by atoms with Crippen molar-refractivity contribution in [1.29, 1.82) is 0 Å². The minimum atomic E-state index is -4.84. The number of nitrogens with zero attached hydrogens (tertiary/aromatic N) is 1. The molecule has 0 atom stereocenters. The van der Waals surface area contributed by atoms with E-state index in [2.05, 4.69) is 28.8 Å². The summed E-state index contributed by atoms with van der Waals surface area (Å²) in [5.74, 6) is -0.589. The minimum absolute atomic E-state index is 0.0639. The molecule has 0 unspecified atom stereocenters. The third-order valence-corrected chi connectivity index (χ3v) is 5.52. The molecule has 1 saturated heterocycles. The van der Waals surface area contributed by atoms with E-state index in [1.165, 1.54) is 40.8 Å². The van der Waals surface area contributed by atoms with E-state index < -0.39 is 18.0 Å². The molecule has 2 heterocycles. The summed E-state index contributed by atoms with van der Waals surface area (Å²) < 4.78 is 42.0. The molecule has 1 fully saturated rings. The van der Waals surface area contributed by atoms with Gasteiger partial charge in [0, 0.05) is 30.2 Å². The van der Waals surface area contributed by atoms with Crippen LogP contribution >= 0.6 is 0 Å². The second kappa shape index (κ2) is 7.46. The summed E-state index contributed by atoms with van der Waals surface area (Å²) in [6.45, 7) is 3.04. The molecule has 0 aliphatic carbocycles. The maximum Gasteiger partial charge on any atom is 0.573 e. The number of carbonyl (C=O) groups excluding carboxylic acids is 1. The van der Waals surface area contributed by atoms with Gasteiger partial charge in [0.05, 0.1) is 5.56 Å². The number of benzene rings is 2. The van der Waals surface area contributed by atoms with E-state index in [0.717, 1.165) is 18.4 Å². The van der Waals surface area contributed by atoms with Gasteiger partial charge in [-0.05, 0) is 48.9 Å². The molecule has 0 saturated carbocycles. The van der Waals surface area contributed by atoms with Crippen LogP contribution in [0.5, 0.6) is 5.75 Å².